The number of imide groups is 1. The molecule has 1 spiro atoms. The zero-order valence-electron chi connectivity index (χ0n) is 19.0. The largest absolute Gasteiger partial charge is 0.374 e. The van der Waals surface area contributed by atoms with Crippen LogP contribution in [0.2, 0.25) is 0 Å². The van der Waals surface area contributed by atoms with E-state index in [0.29, 0.717) is 24.3 Å². The highest BCUT2D eigenvalue weighted by molar-refractivity contribution is 6.01. The second kappa shape index (κ2) is 9.02. The number of likely N-dealkylation sites (tertiary alicyclic amines) is 1. The first kappa shape index (κ1) is 21.7. The molecule has 1 atom stereocenters. The average Bonchev–Trinajstić information content (AvgIpc) is 2.77. The van der Waals surface area contributed by atoms with Crippen LogP contribution in [0.1, 0.15) is 51.4 Å². The number of nitrogens with zero attached hydrogens (tertiary/aromatic N) is 2. The van der Waals surface area contributed by atoms with Gasteiger partial charge in [0.25, 0.3) is 0 Å². The van der Waals surface area contributed by atoms with Gasteiger partial charge in [0.2, 0.25) is 11.8 Å². The predicted octanol–water partition coefficient (Wildman–Crippen LogP) is 2.32. The molecule has 32 heavy (non-hydrogen) atoms. The summed E-state index contributed by atoms with van der Waals surface area (Å²) in [5.74, 6) is 0.393. The highest BCUT2D eigenvalue weighted by Crippen LogP contribution is 2.48. The number of piperidine rings is 3. The molecule has 174 valence electrons. The summed E-state index contributed by atoms with van der Waals surface area (Å²) >= 11 is 0. The number of nitrogens with one attached hydrogen (secondary N) is 2. The van der Waals surface area contributed by atoms with E-state index in [1.54, 1.807) is 0 Å². The number of hydrogen-bond donors (Lipinski definition) is 3. The third-order valence-corrected chi connectivity index (χ3v) is 8.25. The maximum Gasteiger partial charge on any atom is 0.249 e. The molecule has 2 amide bonds. The summed E-state index contributed by atoms with van der Waals surface area (Å²) in [6.07, 6.45) is 8.64. The monoisotopic (exact) mass is 439 g/mol. The molecule has 7 heteroatoms. The molecule has 1 saturated carbocycles. The van der Waals surface area contributed by atoms with E-state index in [9.17, 15) is 9.59 Å². The van der Waals surface area contributed by atoms with Gasteiger partial charge in [-0.15, -0.1) is 0 Å². The van der Waals surface area contributed by atoms with Crippen LogP contribution in [0, 0.1) is 11.3 Å². The van der Waals surface area contributed by atoms with Crippen molar-refractivity contribution in [3.8, 4) is 0 Å². The highest BCUT2D eigenvalue weighted by atomic mass is 16.2. The summed E-state index contributed by atoms with van der Waals surface area (Å²) in [5, 5.41) is 5.66. The lowest BCUT2D eigenvalue weighted by Gasteiger charge is -2.51. The average molecular weight is 440 g/mol. The predicted molar refractivity (Wildman–Crippen MR) is 126 cm³/mol. The van der Waals surface area contributed by atoms with E-state index in [-0.39, 0.29) is 17.9 Å². The van der Waals surface area contributed by atoms with Crippen molar-refractivity contribution in [2.24, 2.45) is 17.1 Å². The van der Waals surface area contributed by atoms with E-state index in [4.69, 9.17) is 5.73 Å². The van der Waals surface area contributed by atoms with E-state index in [0.717, 1.165) is 24.7 Å². The first-order valence-corrected chi connectivity index (χ1v) is 12.4. The molecular weight excluding hydrogens is 402 g/mol. The zero-order chi connectivity index (χ0) is 22.1. The second-order valence-corrected chi connectivity index (χ2v) is 10.6. The van der Waals surface area contributed by atoms with Crippen LogP contribution in [0.15, 0.2) is 24.3 Å². The highest BCUT2D eigenvalue weighted by Gasteiger charge is 2.44. The standard InChI is InChI=1S/C25H37N5O2/c26-19-15-25(16-19)9-13-29(14-10-25)17-18-7-11-30(12-8-18)21-3-1-20(2-4-21)27-22-5-6-23(31)28-24(22)32/h1-4,18-19,22,27H,5-17,26H2,(H,28,31,32). The Morgan fingerprint density at radius 1 is 1.00 bits per heavy atom. The number of nitrogens with two attached hydrogens (primary N) is 1. The summed E-state index contributed by atoms with van der Waals surface area (Å²) in [6, 6.07) is 8.50. The van der Waals surface area contributed by atoms with Gasteiger partial charge in [0.05, 0.1) is 0 Å². The number of carbonyl (C=O) groups excluding carboxylic acids is 2. The molecule has 7 nitrogen and oxygen atoms in total. The van der Waals surface area contributed by atoms with Crippen molar-refractivity contribution in [2.75, 3.05) is 42.9 Å². The van der Waals surface area contributed by atoms with Gasteiger partial charge in [0.15, 0.2) is 0 Å². The lowest BCUT2D eigenvalue weighted by molar-refractivity contribution is -0.133. The SMILES string of the molecule is NC1CC2(CCN(CC3CCN(c4ccc(NC5CCC(=O)NC5=O)cc4)CC3)CC2)C1. The summed E-state index contributed by atoms with van der Waals surface area (Å²) < 4.78 is 0. The molecule has 5 rings (SSSR count). The van der Waals surface area contributed by atoms with Crippen molar-refractivity contribution in [2.45, 2.75) is 63.5 Å². The van der Waals surface area contributed by atoms with Crippen LogP contribution in [-0.4, -0.2) is 61.5 Å². The van der Waals surface area contributed by atoms with E-state index >= 15 is 0 Å². The smallest absolute Gasteiger partial charge is 0.249 e. The van der Waals surface area contributed by atoms with Crippen molar-refractivity contribution in [3.63, 3.8) is 0 Å². The Morgan fingerprint density at radius 3 is 2.31 bits per heavy atom. The third kappa shape index (κ3) is 4.79. The molecule has 3 saturated heterocycles. The number of carbonyl (C=O) groups is 2. The van der Waals surface area contributed by atoms with Crippen LogP contribution >= 0.6 is 0 Å². The molecule has 1 aliphatic carbocycles. The van der Waals surface area contributed by atoms with Gasteiger partial charge in [0, 0.05) is 43.5 Å². The molecule has 4 fully saturated rings. The first-order valence-electron chi connectivity index (χ1n) is 12.4. The summed E-state index contributed by atoms with van der Waals surface area (Å²) in [7, 11) is 0. The molecule has 1 aromatic rings. The van der Waals surface area contributed by atoms with Crippen molar-refractivity contribution < 1.29 is 9.59 Å². The molecule has 0 radical (unpaired) electrons. The molecule has 0 aromatic heterocycles. The molecule has 4 aliphatic rings. The van der Waals surface area contributed by atoms with Gasteiger partial charge in [0.1, 0.15) is 6.04 Å². The number of benzene rings is 1. The van der Waals surface area contributed by atoms with Crippen molar-refractivity contribution >= 4 is 23.2 Å². The first-order chi connectivity index (χ1) is 15.5. The normalized spacial score (nSPS) is 27.3. The number of amides is 2. The Bertz CT molecular complexity index is 817. The molecule has 1 aromatic carbocycles. The fourth-order valence-corrected chi connectivity index (χ4v) is 6.21. The Balaban J connectivity index is 1.06. The lowest BCUT2D eigenvalue weighted by atomic mass is 9.60. The van der Waals surface area contributed by atoms with Gasteiger partial charge in [-0.25, -0.2) is 0 Å². The molecular formula is C25H37N5O2. The van der Waals surface area contributed by atoms with Gasteiger partial charge in [-0.05, 0) is 93.6 Å². The Labute approximate surface area is 191 Å². The van der Waals surface area contributed by atoms with Crippen LogP contribution in [0.25, 0.3) is 0 Å². The zero-order valence-corrected chi connectivity index (χ0v) is 19.0. The summed E-state index contributed by atoms with van der Waals surface area (Å²) in [6.45, 7) is 5.99. The second-order valence-electron chi connectivity index (χ2n) is 10.6. The van der Waals surface area contributed by atoms with E-state index in [2.05, 4.69) is 32.6 Å². The molecule has 1 unspecified atom stereocenters. The minimum absolute atomic E-state index is 0.181. The van der Waals surface area contributed by atoms with Crippen molar-refractivity contribution in [3.05, 3.63) is 24.3 Å². The number of hydrogen-bond acceptors (Lipinski definition) is 6. The Kier molecular flexibility index (Phi) is 6.12. The topological polar surface area (TPSA) is 90.7 Å². The van der Waals surface area contributed by atoms with E-state index in [1.165, 1.54) is 63.8 Å². The lowest BCUT2D eigenvalue weighted by Crippen LogP contribution is -2.52. The van der Waals surface area contributed by atoms with E-state index in [1.807, 2.05) is 12.1 Å². The van der Waals surface area contributed by atoms with Crippen LogP contribution < -0.4 is 21.3 Å². The van der Waals surface area contributed by atoms with Gasteiger partial charge < -0.3 is 20.9 Å². The Hall–Kier alpha value is -2.12. The number of anilines is 2. The number of rotatable bonds is 5. The minimum Gasteiger partial charge on any atom is -0.374 e. The molecule has 3 heterocycles. The van der Waals surface area contributed by atoms with Crippen LogP contribution in [-0.2, 0) is 9.59 Å². The maximum absolute atomic E-state index is 11.9. The maximum atomic E-state index is 11.9. The van der Waals surface area contributed by atoms with Crippen LogP contribution in [0.3, 0.4) is 0 Å². The summed E-state index contributed by atoms with van der Waals surface area (Å²) in [4.78, 5) is 28.4. The van der Waals surface area contributed by atoms with Crippen molar-refractivity contribution in [1.29, 1.82) is 0 Å². The quantitative estimate of drug-likeness (QED) is 0.610. The minimum atomic E-state index is -0.333. The van der Waals surface area contributed by atoms with Crippen LogP contribution in [0.5, 0.6) is 0 Å². The fourth-order valence-electron chi connectivity index (χ4n) is 6.21. The van der Waals surface area contributed by atoms with E-state index < -0.39 is 0 Å². The van der Waals surface area contributed by atoms with Gasteiger partial charge >= 0.3 is 0 Å². The van der Waals surface area contributed by atoms with Crippen molar-refractivity contribution in [1.82, 2.24) is 10.2 Å². The molecule has 3 aliphatic heterocycles. The summed E-state index contributed by atoms with van der Waals surface area (Å²) in [5.41, 5.74) is 8.81. The molecule has 0 bridgehead atoms. The van der Waals surface area contributed by atoms with Gasteiger partial charge in [-0.3, -0.25) is 14.9 Å². The van der Waals surface area contributed by atoms with Gasteiger partial charge in [-0.1, -0.05) is 0 Å². The fraction of sp³-hybridized carbons (Fsp3) is 0.680. The van der Waals surface area contributed by atoms with Crippen LogP contribution in [0.4, 0.5) is 11.4 Å². The van der Waals surface area contributed by atoms with Gasteiger partial charge in [-0.2, -0.15) is 0 Å². The molecule has 4 N–H and O–H groups in total. The third-order valence-electron chi connectivity index (χ3n) is 8.25. The Morgan fingerprint density at radius 2 is 1.69 bits per heavy atom.